The van der Waals surface area contributed by atoms with Crippen molar-refractivity contribution in [1.82, 2.24) is 25.4 Å². The van der Waals surface area contributed by atoms with Gasteiger partial charge in [-0.25, -0.2) is 9.67 Å². The Balaban J connectivity index is 1.47. The SMILES string of the molecule is CC(C)c1nc2n(n1)C[C@@H](N[C@@H](C)C(=O)NC[C@H]1CCCO1)CC2. The van der Waals surface area contributed by atoms with E-state index in [2.05, 4.69) is 34.6 Å². The fraction of sp³-hybridized carbons (Fsp3) is 0.824. The summed E-state index contributed by atoms with van der Waals surface area (Å²) in [6.45, 7) is 8.34. The molecule has 0 aliphatic carbocycles. The highest BCUT2D eigenvalue weighted by Crippen LogP contribution is 2.17. The van der Waals surface area contributed by atoms with Crippen LogP contribution >= 0.6 is 0 Å². The van der Waals surface area contributed by atoms with E-state index in [0.717, 1.165) is 50.5 Å². The van der Waals surface area contributed by atoms with Crippen molar-refractivity contribution in [2.24, 2.45) is 0 Å². The average Bonchev–Trinajstić information content (AvgIpc) is 3.21. The van der Waals surface area contributed by atoms with Gasteiger partial charge >= 0.3 is 0 Å². The molecule has 3 heterocycles. The van der Waals surface area contributed by atoms with E-state index in [4.69, 9.17) is 4.74 Å². The highest BCUT2D eigenvalue weighted by molar-refractivity contribution is 5.81. The topological polar surface area (TPSA) is 81.1 Å². The van der Waals surface area contributed by atoms with Gasteiger partial charge < -0.3 is 15.4 Å². The lowest BCUT2D eigenvalue weighted by Gasteiger charge is -2.26. The Kier molecular flexibility index (Phi) is 5.50. The molecule has 7 heteroatoms. The first-order valence-electron chi connectivity index (χ1n) is 9.12. The zero-order chi connectivity index (χ0) is 17.1. The van der Waals surface area contributed by atoms with Gasteiger partial charge in [-0.1, -0.05) is 13.8 Å². The van der Waals surface area contributed by atoms with E-state index in [9.17, 15) is 4.79 Å². The molecule has 1 aromatic rings. The number of nitrogens with one attached hydrogen (secondary N) is 2. The molecule has 1 saturated heterocycles. The number of aryl methyl sites for hydroxylation is 1. The van der Waals surface area contributed by atoms with Gasteiger partial charge in [0.25, 0.3) is 0 Å². The van der Waals surface area contributed by atoms with E-state index in [1.807, 2.05) is 11.6 Å². The van der Waals surface area contributed by atoms with Crippen LogP contribution in [0.4, 0.5) is 0 Å². The summed E-state index contributed by atoms with van der Waals surface area (Å²) in [5.74, 6) is 2.36. The Labute approximate surface area is 143 Å². The zero-order valence-corrected chi connectivity index (χ0v) is 14.9. The Bertz CT molecular complexity index is 565. The van der Waals surface area contributed by atoms with E-state index in [1.165, 1.54) is 0 Å². The van der Waals surface area contributed by atoms with Crippen LogP contribution in [-0.4, -0.2) is 52.0 Å². The molecule has 24 heavy (non-hydrogen) atoms. The maximum Gasteiger partial charge on any atom is 0.236 e. The minimum Gasteiger partial charge on any atom is -0.376 e. The van der Waals surface area contributed by atoms with Crippen LogP contribution in [0.1, 0.15) is 57.6 Å². The van der Waals surface area contributed by atoms with Crippen molar-refractivity contribution in [3.63, 3.8) is 0 Å². The van der Waals surface area contributed by atoms with Gasteiger partial charge in [0.1, 0.15) is 5.82 Å². The van der Waals surface area contributed by atoms with Crippen molar-refractivity contribution < 1.29 is 9.53 Å². The molecular formula is C17H29N5O2. The lowest BCUT2D eigenvalue weighted by atomic mass is 10.1. The Morgan fingerprint density at radius 1 is 1.38 bits per heavy atom. The summed E-state index contributed by atoms with van der Waals surface area (Å²) in [5.41, 5.74) is 0. The molecule has 0 aromatic carbocycles. The van der Waals surface area contributed by atoms with Crippen LogP contribution in [0.15, 0.2) is 0 Å². The third-order valence-electron chi connectivity index (χ3n) is 4.80. The van der Waals surface area contributed by atoms with Crippen LogP contribution in [0.2, 0.25) is 0 Å². The third kappa shape index (κ3) is 4.13. The number of nitrogens with zero attached hydrogens (tertiary/aromatic N) is 3. The maximum absolute atomic E-state index is 12.2. The number of fused-ring (bicyclic) bond motifs is 1. The van der Waals surface area contributed by atoms with Gasteiger partial charge in [-0.15, -0.1) is 0 Å². The molecule has 0 bridgehead atoms. The van der Waals surface area contributed by atoms with Crippen LogP contribution in [0.5, 0.6) is 0 Å². The molecule has 0 unspecified atom stereocenters. The average molecular weight is 335 g/mol. The largest absolute Gasteiger partial charge is 0.376 e. The number of hydrogen-bond donors (Lipinski definition) is 2. The summed E-state index contributed by atoms with van der Waals surface area (Å²) >= 11 is 0. The molecule has 0 spiro atoms. The van der Waals surface area contributed by atoms with Crippen LogP contribution in [0, 0.1) is 0 Å². The highest BCUT2D eigenvalue weighted by Gasteiger charge is 2.25. The van der Waals surface area contributed by atoms with Crippen LogP contribution < -0.4 is 10.6 Å². The molecule has 134 valence electrons. The van der Waals surface area contributed by atoms with Crippen LogP contribution in [0.25, 0.3) is 0 Å². The normalized spacial score (nSPS) is 24.8. The molecule has 0 radical (unpaired) electrons. The smallest absolute Gasteiger partial charge is 0.236 e. The fourth-order valence-corrected chi connectivity index (χ4v) is 3.31. The van der Waals surface area contributed by atoms with Gasteiger partial charge in [0, 0.05) is 31.5 Å². The zero-order valence-electron chi connectivity index (χ0n) is 14.9. The number of amides is 1. The molecule has 1 fully saturated rings. The van der Waals surface area contributed by atoms with E-state index in [1.54, 1.807) is 0 Å². The van der Waals surface area contributed by atoms with E-state index in [-0.39, 0.29) is 24.1 Å². The maximum atomic E-state index is 12.2. The number of hydrogen-bond acceptors (Lipinski definition) is 5. The quantitative estimate of drug-likeness (QED) is 0.810. The van der Waals surface area contributed by atoms with Crippen LogP contribution in [0.3, 0.4) is 0 Å². The second-order valence-electron chi connectivity index (χ2n) is 7.23. The number of carbonyl (C=O) groups excluding carboxylic acids is 1. The van der Waals surface area contributed by atoms with Crippen molar-refractivity contribution >= 4 is 5.91 Å². The minimum atomic E-state index is -0.217. The summed E-state index contributed by atoms with van der Waals surface area (Å²) in [5, 5.41) is 11.0. The molecule has 3 atom stereocenters. The van der Waals surface area contributed by atoms with Crippen molar-refractivity contribution in [3.05, 3.63) is 11.6 Å². The Morgan fingerprint density at radius 2 is 2.21 bits per heavy atom. The second-order valence-corrected chi connectivity index (χ2v) is 7.23. The van der Waals surface area contributed by atoms with Gasteiger partial charge in [0.05, 0.1) is 18.7 Å². The van der Waals surface area contributed by atoms with Gasteiger partial charge in [-0.2, -0.15) is 5.10 Å². The van der Waals surface area contributed by atoms with E-state index in [0.29, 0.717) is 12.5 Å². The van der Waals surface area contributed by atoms with Crippen molar-refractivity contribution in [3.8, 4) is 0 Å². The fourth-order valence-electron chi connectivity index (χ4n) is 3.31. The molecule has 1 amide bonds. The molecule has 2 aliphatic rings. The Hall–Kier alpha value is -1.47. The van der Waals surface area contributed by atoms with Crippen molar-refractivity contribution in [2.45, 2.75) is 77.1 Å². The molecule has 1 aromatic heterocycles. The van der Waals surface area contributed by atoms with Crippen molar-refractivity contribution in [2.75, 3.05) is 13.2 Å². The van der Waals surface area contributed by atoms with Gasteiger partial charge in [0.15, 0.2) is 5.82 Å². The number of aromatic nitrogens is 3. The van der Waals surface area contributed by atoms with E-state index >= 15 is 0 Å². The Morgan fingerprint density at radius 3 is 2.92 bits per heavy atom. The van der Waals surface area contributed by atoms with Gasteiger partial charge in [-0.05, 0) is 26.2 Å². The summed E-state index contributed by atoms with van der Waals surface area (Å²) in [4.78, 5) is 16.9. The van der Waals surface area contributed by atoms with Gasteiger partial charge in [-0.3, -0.25) is 4.79 Å². The number of ether oxygens (including phenoxy) is 1. The first-order chi connectivity index (χ1) is 11.5. The first-order valence-corrected chi connectivity index (χ1v) is 9.12. The lowest BCUT2D eigenvalue weighted by Crippen LogP contribution is -2.50. The first kappa shape index (κ1) is 17.4. The summed E-state index contributed by atoms with van der Waals surface area (Å²) in [6, 6.07) is 0.0359. The minimum absolute atomic E-state index is 0.0396. The second kappa shape index (κ2) is 7.61. The van der Waals surface area contributed by atoms with Gasteiger partial charge in [0.2, 0.25) is 5.91 Å². The molecule has 7 nitrogen and oxygen atoms in total. The number of rotatable bonds is 6. The number of carbonyl (C=O) groups is 1. The predicted molar refractivity (Wildman–Crippen MR) is 90.8 cm³/mol. The van der Waals surface area contributed by atoms with Crippen molar-refractivity contribution in [1.29, 1.82) is 0 Å². The summed E-state index contributed by atoms with van der Waals surface area (Å²) in [6.07, 6.45) is 4.21. The molecule has 3 rings (SSSR count). The molecule has 2 N–H and O–H groups in total. The lowest BCUT2D eigenvalue weighted by molar-refractivity contribution is -0.123. The predicted octanol–water partition coefficient (Wildman–Crippen LogP) is 0.990. The molecular weight excluding hydrogens is 306 g/mol. The molecule has 2 aliphatic heterocycles. The van der Waals surface area contributed by atoms with E-state index < -0.39 is 0 Å². The summed E-state index contributed by atoms with van der Waals surface area (Å²) in [7, 11) is 0. The summed E-state index contributed by atoms with van der Waals surface area (Å²) < 4.78 is 7.53. The molecule has 0 saturated carbocycles. The highest BCUT2D eigenvalue weighted by atomic mass is 16.5. The standard InChI is InChI=1S/C17H29N5O2/c1-11(2)16-20-15-7-6-13(10-22(15)21-16)19-12(3)17(23)18-9-14-5-4-8-24-14/h11-14,19H,4-10H2,1-3H3,(H,18,23)/t12-,13-,14+/m0/s1. The van der Waals surface area contributed by atoms with Crippen LogP contribution in [-0.2, 0) is 22.5 Å². The monoisotopic (exact) mass is 335 g/mol. The third-order valence-corrected chi connectivity index (χ3v) is 4.80.